The van der Waals surface area contributed by atoms with Gasteiger partial charge in [-0.15, -0.1) is 5.10 Å². The highest BCUT2D eigenvalue weighted by molar-refractivity contribution is 6.04. The zero-order chi connectivity index (χ0) is 21.7. The van der Waals surface area contributed by atoms with Crippen LogP contribution in [0.1, 0.15) is 34.2 Å². The molecule has 1 heterocycles. The van der Waals surface area contributed by atoms with Crippen molar-refractivity contribution in [3.63, 3.8) is 0 Å². The summed E-state index contributed by atoms with van der Waals surface area (Å²) < 4.78 is 6.79. The molecule has 3 aromatic rings. The molecule has 156 valence electrons. The number of hydrogen-bond acceptors (Lipinski definition) is 5. The largest absolute Gasteiger partial charge is 0.494 e. The molecule has 0 atom stereocenters. The van der Waals surface area contributed by atoms with E-state index in [-0.39, 0.29) is 24.1 Å². The molecule has 2 amide bonds. The van der Waals surface area contributed by atoms with Crippen LogP contribution in [0, 0.1) is 20.8 Å². The number of carbonyl (C=O) groups is 2. The molecule has 0 aliphatic rings. The number of ether oxygens (including phenoxy) is 1. The lowest BCUT2D eigenvalue weighted by Crippen LogP contribution is -2.21. The first-order chi connectivity index (χ1) is 14.4. The molecular weight excluding hydrogens is 382 g/mol. The average Bonchev–Trinajstić information content (AvgIpc) is 3.06. The van der Waals surface area contributed by atoms with Crippen LogP contribution in [0.15, 0.2) is 42.5 Å². The van der Waals surface area contributed by atoms with Gasteiger partial charge in [-0.3, -0.25) is 9.59 Å². The Bertz CT molecular complexity index is 1060. The molecule has 0 aliphatic carbocycles. The first kappa shape index (κ1) is 21.0. The van der Waals surface area contributed by atoms with Crippen molar-refractivity contribution in [3.8, 4) is 5.75 Å². The second kappa shape index (κ2) is 9.21. The van der Waals surface area contributed by atoms with Gasteiger partial charge in [0, 0.05) is 11.4 Å². The molecule has 2 aromatic carbocycles. The van der Waals surface area contributed by atoms with Crippen molar-refractivity contribution < 1.29 is 14.3 Å². The lowest BCUT2D eigenvalue weighted by molar-refractivity contribution is -0.117. The Labute approximate surface area is 175 Å². The summed E-state index contributed by atoms with van der Waals surface area (Å²) in [6, 6.07) is 12.9. The van der Waals surface area contributed by atoms with Crippen molar-refractivity contribution in [1.82, 2.24) is 15.0 Å². The number of nitrogens with zero attached hydrogens (tertiary/aromatic N) is 3. The first-order valence-corrected chi connectivity index (χ1v) is 9.68. The summed E-state index contributed by atoms with van der Waals surface area (Å²) in [6.45, 7) is 8.07. The second-order valence-electron chi connectivity index (χ2n) is 6.96. The number of aromatic nitrogens is 3. The minimum absolute atomic E-state index is 0.0527. The van der Waals surface area contributed by atoms with Gasteiger partial charge in [0.05, 0.1) is 12.3 Å². The zero-order valence-electron chi connectivity index (χ0n) is 17.5. The van der Waals surface area contributed by atoms with Gasteiger partial charge >= 0.3 is 0 Å². The molecule has 0 fully saturated rings. The van der Waals surface area contributed by atoms with E-state index < -0.39 is 0 Å². The number of aryl methyl sites for hydroxylation is 2. The number of carbonyl (C=O) groups excluding carboxylic acids is 2. The number of benzene rings is 2. The van der Waals surface area contributed by atoms with Crippen LogP contribution < -0.4 is 15.4 Å². The normalized spacial score (nSPS) is 10.5. The van der Waals surface area contributed by atoms with E-state index in [9.17, 15) is 9.59 Å². The van der Waals surface area contributed by atoms with Gasteiger partial charge in [0.1, 0.15) is 12.3 Å². The van der Waals surface area contributed by atoms with Crippen LogP contribution in [0.2, 0.25) is 0 Å². The van der Waals surface area contributed by atoms with Crippen LogP contribution in [0.25, 0.3) is 0 Å². The molecular formula is C22H25N5O3. The quantitative estimate of drug-likeness (QED) is 0.625. The third-order valence-electron chi connectivity index (χ3n) is 4.57. The van der Waals surface area contributed by atoms with Crippen molar-refractivity contribution >= 4 is 23.2 Å². The van der Waals surface area contributed by atoms with Gasteiger partial charge in [-0.05, 0) is 63.6 Å². The Kier molecular flexibility index (Phi) is 6.46. The molecule has 8 nitrogen and oxygen atoms in total. The highest BCUT2D eigenvalue weighted by Crippen LogP contribution is 2.18. The van der Waals surface area contributed by atoms with Crippen molar-refractivity contribution in [2.24, 2.45) is 0 Å². The van der Waals surface area contributed by atoms with Crippen molar-refractivity contribution in [1.29, 1.82) is 0 Å². The average molecular weight is 407 g/mol. The molecule has 3 rings (SSSR count). The smallest absolute Gasteiger partial charge is 0.278 e. The lowest BCUT2D eigenvalue weighted by Gasteiger charge is -2.09. The Hall–Kier alpha value is -3.68. The minimum atomic E-state index is -0.363. The predicted octanol–water partition coefficient (Wildman–Crippen LogP) is 3.49. The van der Waals surface area contributed by atoms with Gasteiger partial charge in [-0.1, -0.05) is 22.9 Å². The van der Waals surface area contributed by atoms with Crippen LogP contribution in [-0.4, -0.2) is 33.4 Å². The Morgan fingerprint density at radius 3 is 2.43 bits per heavy atom. The Balaban J connectivity index is 1.64. The van der Waals surface area contributed by atoms with Gasteiger partial charge < -0.3 is 15.4 Å². The zero-order valence-corrected chi connectivity index (χ0v) is 17.5. The van der Waals surface area contributed by atoms with E-state index in [1.54, 1.807) is 31.2 Å². The SMILES string of the molecule is CCOc1ccc(NC(=O)Cn2nnc(C(=O)Nc3ccc(C)cc3C)c2C)cc1. The molecule has 30 heavy (non-hydrogen) atoms. The number of rotatable bonds is 7. The van der Waals surface area contributed by atoms with Crippen LogP contribution in [0.4, 0.5) is 11.4 Å². The van der Waals surface area contributed by atoms with Crippen LogP contribution in [0.5, 0.6) is 5.75 Å². The summed E-state index contributed by atoms with van der Waals surface area (Å²) in [6.07, 6.45) is 0. The standard InChI is InChI=1S/C22H25N5O3/c1-5-30-18-9-7-17(8-10-18)23-20(28)13-27-16(4)21(25-26-27)22(29)24-19-11-6-14(2)12-15(19)3/h6-12H,5,13H2,1-4H3,(H,23,28)(H,24,29). The molecule has 0 saturated heterocycles. The maximum atomic E-state index is 12.6. The van der Waals surface area contributed by atoms with Crippen LogP contribution in [-0.2, 0) is 11.3 Å². The van der Waals surface area contributed by atoms with Gasteiger partial charge in [0.15, 0.2) is 5.69 Å². The van der Waals surface area contributed by atoms with E-state index in [4.69, 9.17) is 4.74 Å². The summed E-state index contributed by atoms with van der Waals surface area (Å²) in [4.78, 5) is 25.0. The summed E-state index contributed by atoms with van der Waals surface area (Å²) in [5.74, 6) is 0.105. The summed E-state index contributed by atoms with van der Waals surface area (Å²) in [5.41, 5.74) is 4.14. The fourth-order valence-corrected chi connectivity index (χ4v) is 2.99. The number of hydrogen-bond donors (Lipinski definition) is 2. The predicted molar refractivity (Wildman–Crippen MR) is 115 cm³/mol. The maximum Gasteiger partial charge on any atom is 0.278 e. The van der Waals surface area contributed by atoms with Crippen LogP contribution in [0.3, 0.4) is 0 Å². The molecule has 0 aliphatic heterocycles. The second-order valence-corrected chi connectivity index (χ2v) is 6.96. The fraction of sp³-hybridized carbons (Fsp3) is 0.273. The van der Waals surface area contributed by atoms with E-state index in [0.29, 0.717) is 23.7 Å². The third-order valence-corrected chi connectivity index (χ3v) is 4.57. The van der Waals surface area contributed by atoms with Gasteiger partial charge in [0.2, 0.25) is 5.91 Å². The highest BCUT2D eigenvalue weighted by atomic mass is 16.5. The van der Waals surface area contributed by atoms with Crippen molar-refractivity contribution in [2.45, 2.75) is 34.2 Å². The molecule has 2 N–H and O–H groups in total. The lowest BCUT2D eigenvalue weighted by atomic mass is 10.1. The summed E-state index contributed by atoms with van der Waals surface area (Å²) in [5, 5.41) is 13.6. The Morgan fingerprint density at radius 2 is 1.77 bits per heavy atom. The van der Waals surface area contributed by atoms with Gasteiger partial charge in [0.25, 0.3) is 5.91 Å². The van der Waals surface area contributed by atoms with Crippen molar-refractivity contribution in [2.75, 3.05) is 17.2 Å². The van der Waals surface area contributed by atoms with Gasteiger partial charge in [-0.25, -0.2) is 4.68 Å². The van der Waals surface area contributed by atoms with Crippen molar-refractivity contribution in [3.05, 3.63) is 65.0 Å². The van der Waals surface area contributed by atoms with E-state index in [2.05, 4.69) is 20.9 Å². The number of anilines is 2. The summed E-state index contributed by atoms with van der Waals surface area (Å²) >= 11 is 0. The molecule has 1 aromatic heterocycles. The number of nitrogens with one attached hydrogen (secondary N) is 2. The molecule has 8 heteroatoms. The van der Waals surface area contributed by atoms with E-state index in [1.807, 2.05) is 39.0 Å². The maximum absolute atomic E-state index is 12.6. The topological polar surface area (TPSA) is 98.1 Å². The Morgan fingerprint density at radius 1 is 1.03 bits per heavy atom. The molecule has 0 unspecified atom stereocenters. The van der Waals surface area contributed by atoms with E-state index in [1.165, 1.54) is 4.68 Å². The van der Waals surface area contributed by atoms with E-state index >= 15 is 0 Å². The number of amides is 2. The molecule has 0 saturated carbocycles. The van der Waals surface area contributed by atoms with Crippen LogP contribution >= 0.6 is 0 Å². The highest BCUT2D eigenvalue weighted by Gasteiger charge is 2.18. The summed E-state index contributed by atoms with van der Waals surface area (Å²) in [7, 11) is 0. The molecule has 0 bridgehead atoms. The minimum Gasteiger partial charge on any atom is -0.494 e. The van der Waals surface area contributed by atoms with Gasteiger partial charge in [-0.2, -0.15) is 0 Å². The third kappa shape index (κ3) is 5.02. The molecule has 0 radical (unpaired) electrons. The monoisotopic (exact) mass is 407 g/mol. The first-order valence-electron chi connectivity index (χ1n) is 9.68. The molecule has 0 spiro atoms. The van der Waals surface area contributed by atoms with E-state index in [0.717, 1.165) is 16.9 Å². The fourth-order valence-electron chi connectivity index (χ4n) is 2.99.